The molecule has 0 bridgehead atoms. The van der Waals surface area contributed by atoms with Gasteiger partial charge in [-0.1, -0.05) is 41.4 Å². The van der Waals surface area contributed by atoms with Gasteiger partial charge in [0.25, 0.3) is 5.91 Å². The molecule has 1 amide bonds. The van der Waals surface area contributed by atoms with E-state index in [9.17, 15) is 4.79 Å². The Hall–Kier alpha value is -1.91. The number of carbonyl (C=O) groups is 1. The Kier molecular flexibility index (Phi) is 5.52. The summed E-state index contributed by atoms with van der Waals surface area (Å²) < 4.78 is 10.7. The number of ether oxygens (including phenoxy) is 2. The average molecular weight is 340 g/mol. The first-order chi connectivity index (χ1) is 10.5. The molecule has 0 radical (unpaired) electrons. The largest absolute Gasteiger partial charge is 0.495 e. The van der Waals surface area contributed by atoms with Crippen LogP contribution in [0.15, 0.2) is 42.5 Å². The molecule has 0 aliphatic heterocycles. The maximum absolute atomic E-state index is 12.2. The van der Waals surface area contributed by atoms with E-state index in [1.165, 1.54) is 7.11 Å². The lowest BCUT2D eigenvalue weighted by atomic mass is 10.2. The predicted molar refractivity (Wildman–Crippen MR) is 88.2 cm³/mol. The molecule has 0 unspecified atom stereocenters. The number of carbonyl (C=O) groups excluding carboxylic acids is 1. The van der Waals surface area contributed by atoms with Crippen LogP contribution in [0.5, 0.6) is 11.5 Å². The Bertz CT molecular complexity index is 676. The minimum atomic E-state index is -0.749. The first kappa shape index (κ1) is 16.5. The summed E-state index contributed by atoms with van der Waals surface area (Å²) in [6.07, 6.45) is -0.749. The fraction of sp³-hybridized carbons (Fsp3) is 0.188. The van der Waals surface area contributed by atoms with Gasteiger partial charge in [-0.3, -0.25) is 4.79 Å². The lowest BCUT2D eigenvalue weighted by molar-refractivity contribution is -0.122. The average Bonchev–Trinajstić information content (AvgIpc) is 2.52. The molecule has 0 aliphatic carbocycles. The van der Waals surface area contributed by atoms with E-state index in [1.807, 2.05) is 6.07 Å². The predicted octanol–water partition coefficient (Wildman–Crippen LogP) is 4.41. The van der Waals surface area contributed by atoms with Crippen LogP contribution in [-0.4, -0.2) is 19.1 Å². The first-order valence-electron chi connectivity index (χ1n) is 6.57. The van der Waals surface area contributed by atoms with Gasteiger partial charge in [0.15, 0.2) is 6.10 Å². The minimum Gasteiger partial charge on any atom is -0.495 e. The summed E-state index contributed by atoms with van der Waals surface area (Å²) in [4.78, 5) is 12.2. The zero-order valence-corrected chi connectivity index (χ0v) is 13.6. The van der Waals surface area contributed by atoms with Gasteiger partial charge in [-0.15, -0.1) is 0 Å². The molecule has 4 nitrogen and oxygen atoms in total. The van der Waals surface area contributed by atoms with Crippen molar-refractivity contribution in [2.45, 2.75) is 13.0 Å². The van der Waals surface area contributed by atoms with Crippen LogP contribution in [0.2, 0.25) is 10.0 Å². The van der Waals surface area contributed by atoms with Crippen LogP contribution in [0.3, 0.4) is 0 Å². The van der Waals surface area contributed by atoms with Gasteiger partial charge < -0.3 is 14.8 Å². The molecule has 6 heteroatoms. The highest BCUT2D eigenvalue weighted by molar-refractivity contribution is 6.42. The number of amides is 1. The molecule has 2 aromatic carbocycles. The molecule has 0 aliphatic rings. The summed E-state index contributed by atoms with van der Waals surface area (Å²) in [5.74, 6) is 0.612. The second kappa shape index (κ2) is 7.38. The van der Waals surface area contributed by atoms with Crippen molar-refractivity contribution in [1.82, 2.24) is 0 Å². The summed E-state index contributed by atoms with van der Waals surface area (Å²) in [5, 5.41) is 3.40. The van der Waals surface area contributed by atoms with Gasteiger partial charge in [-0.2, -0.15) is 0 Å². The Labute approximate surface area is 138 Å². The second-order valence-electron chi connectivity index (χ2n) is 4.50. The van der Waals surface area contributed by atoms with Crippen LogP contribution in [-0.2, 0) is 4.79 Å². The molecule has 0 saturated heterocycles. The molecular formula is C16H15Cl2NO3. The molecule has 116 valence electrons. The third-order valence-corrected chi connectivity index (χ3v) is 3.76. The summed E-state index contributed by atoms with van der Waals surface area (Å²) in [5.41, 5.74) is 0.572. The number of rotatable bonds is 5. The van der Waals surface area contributed by atoms with Crippen LogP contribution < -0.4 is 14.8 Å². The maximum Gasteiger partial charge on any atom is 0.265 e. The van der Waals surface area contributed by atoms with Crippen molar-refractivity contribution in [3.63, 3.8) is 0 Å². The summed E-state index contributed by atoms with van der Waals surface area (Å²) in [6, 6.07) is 12.1. The van der Waals surface area contributed by atoms with E-state index in [1.54, 1.807) is 43.3 Å². The number of anilines is 1. The van der Waals surface area contributed by atoms with E-state index in [-0.39, 0.29) is 10.9 Å². The first-order valence-corrected chi connectivity index (χ1v) is 7.33. The standard InChI is InChI=1S/C16H15Cl2NO3/c1-10(22-14-9-5-6-11(17)15(14)18)16(20)19-12-7-3-4-8-13(12)21-2/h3-10H,1-2H3,(H,19,20)/t10-/m1/s1. The van der Waals surface area contributed by atoms with Crippen molar-refractivity contribution in [3.8, 4) is 11.5 Å². The molecule has 22 heavy (non-hydrogen) atoms. The third kappa shape index (κ3) is 3.84. The summed E-state index contributed by atoms with van der Waals surface area (Å²) in [7, 11) is 1.54. The molecule has 2 aromatic rings. The van der Waals surface area contributed by atoms with Crippen LogP contribution in [0, 0.1) is 0 Å². The molecule has 0 heterocycles. The Morgan fingerprint density at radius 1 is 1.09 bits per heavy atom. The number of benzene rings is 2. The van der Waals surface area contributed by atoms with Gasteiger partial charge in [-0.25, -0.2) is 0 Å². The SMILES string of the molecule is COc1ccccc1NC(=O)[C@@H](C)Oc1cccc(Cl)c1Cl. The number of hydrogen-bond donors (Lipinski definition) is 1. The van der Waals surface area contributed by atoms with Crippen LogP contribution in [0.25, 0.3) is 0 Å². The zero-order chi connectivity index (χ0) is 16.1. The topological polar surface area (TPSA) is 47.6 Å². The van der Waals surface area contributed by atoms with E-state index < -0.39 is 6.10 Å². The summed E-state index contributed by atoms with van der Waals surface area (Å²) in [6.45, 7) is 1.63. The molecular weight excluding hydrogens is 325 g/mol. The maximum atomic E-state index is 12.2. The Morgan fingerprint density at radius 2 is 1.77 bits per heavy atom. The molecule has 0 spiro atoms. The zero-order valence-electron chi connectivity index (χ0n) is 12.1. The third-order valence-electron chi connectivity index (χ3n) is 2.95. The number of methoxy groups -OCH3 is 1. The fourth-order valence-electron chi connectivity index (χ4n) is 1.80. The highest BCUT2D eigenvalue weighted by Crippen LogP contribution is 2.32. The molecule has 0 fully saturated rings. The number of halogens is 2. The van der Waals surface area contributed by atoms with Crippen molar-refractivity contribution >= 4 is 34.8 Å². The number of para-hydroxylation sites is 2. The quantitative estimate of drug-likeness (QED) is 0.877. The van der Waals surface area contributed by atoms with E-state index in [2.05, 4.69) is 5.32 Å². The number of nitrogens with one attached hydrogen (secondary N) is 1. The molecule has 0 aromatic heterocycles. The lowest BCUT2D eigenvalue weighted by Gasteiger charge is -2.17. The van der Waals surface area contributed by atoms with Gasteiger partial charge in [0, 0.05) is 0 Å². The van der Waals surface area contributed by atoms with Crippen molar-refractivity contribution in [2.24, 2.45) is 0 Å². The Balaban J connectivity index is 2.08. The van der Waals surface area contributed by atoms with Crippen molar-refractivity contribution in [2.75, 3.05) is 12.4 Å². The molecule has 2 rings (SSSR count). The smallest absolute Gasteiger partial charge is 0.265 e. The van der Waals surface area contributed by atoms with Gasteiger partial charge in [0.1, 0.15) is 16.5 Å². The highest BCUT2D eigenvalue weighted by Gasteiger charge is 2.18. The minimum absolute atomic E-state index is 0.279. The molecule has 0 saturated carbocycles. The van der Waals surface area contributed by atoms with Crippen LogP contribution >= 0.6 is 23.2 Å². The fourth-order valence-corrected chi connectivity index (χ4v) is 2.14. The lowest BCUT2D eigenvalue weighted by Crippen LogP contribution is -2.30. The van der Waals surface area contributed by atoms with E-state index in [0.717, 1.165) is 0 Å². The normalized spacial score (nSPS) is 11.6. The van der Waals surface area contributed by atoms with Gasteiger partial charge in [0.05, 0.1) is 17.8 Å². The van der Waals surface area contributed by atoms with Crippen molar-refractivity contribution in [3.05, 3.63) is 52.5 Å². The van der Waals surface area contributed by atoms with E-state index in [0.29, 0.717) is 22.2 Å². The molecule has 1 atom stereocenters. The molecule has 1 N–H and O–H groups in total. The van der Waals surface area contributed by atoms with Gasteiger partial charge in [0.2, 0.25) is 0 Å². The monoisotopic (exact) mass is 339 g/mol. The van der Waals surface area contributed by atoms with E-state index >= 15 is 0 Å². The number of hydrogen-bond acceptors (Lipinski definition) is 3. The highest BCUT2D eigenvalue weighted by atomic mass is 35.5. The summed E-state index contributed by atoms with van der Waals surface area (Å²) >= 11 is 12.0. The van der Waals surface area contributed by atoms with Crippen LogP contribution in [0.4, 0.5) is 5.69 Å². The van der Waals surface area contributed by atoms with Gasteiger partial charge in [-0.05, 0) is 31.2 Å². The van der Waals surface area contributed by atoms with Gasteiger partial charge >= 0.3 is 0 Å². The Morgan fingerprint density at radius 3 is 2.50 bits per heavy atom. The van der Waals surface area contributed by atoms with Crippen molar-refractivity contribution < 1.29 is 14.3 Å². The van der Waals surface area contributed by atoms with Crippen LogP contribution in [0.1, 0.15) is 6.92 Å². The van der Waals surface area contributed by atoms with Crippen molar-refractivity contribution in [1.29, 1.82) is 0 Å². The second-order valence-corrected chi connectivity index (χ2v) is 5.29. The van der Waals surface area contributed by atoms with E-state index in [4.69, 9.17) is 32.7 Å².